The van der Waals surface area contributed by atoms with Gasteiger partial charge in [-0.1, -0.05) is 24.4 Å². The Bertz CT molecular complexity index is 708. The molecule has 0 amide bonds. The minimum absolute atomic E-state index is 0.0403. The van der Waals surface area contributed by atoms with Crippen LogP contribution in [-0.2, 0) is 0 Å². The van der Waals surface area contributed by atoms with E-state index in [0.29, 0.717) is 16.3 Å². The Hall–Kier alpha value is -2.40. The van der Waals surface area contributed by atoms with Crippen molar-refractivity contribution in [3.8, 4) is 11.5 Å². The van der Waals surface area contributed by atoms with Crippen LogP contribution in [0, 0.1) is 0 Å². The van der Waals surface area contributed by atoms with Gasteiger partial charge in [0.1, 0.15) is 11.5 Å². The summed E-state index contributed by atoms with van der Waals surface area (Å²) in [5.41, 5.74) is 1.44. The molecule has 126 valence electrons. The van der Waals surface area contributed by atoms with Crippen LogP contribution in [0.4, 0.5) is 0 Å². The van der Waals surface area contributed by atoms with Gasteiger partial charge >= 0.3 is 0 Å². The molecule has 0 heterocycles. The number of Topliss-reactive ketones (excluding diaryl/α,β-unsaturated/α-hetero) is 1. The summed E-state index contributed by atoms with van der Waals surface area (Å²) in [7, 11) is 6.90. The molecule has 0 aliphatic carbocycles. The first-order valence-electron chi connectivity index (χ1n) is 7.51. The topological polar surface area (TPSA) is 38.8 Å². The molecule has 1 unspecified atom stereocenters. The normalized spacial score (nSPS) is 11.5. The van der Waals surface area contributed by atoms with Crippen LogP contribution in [0.2, 0.25) is 0 Å². The molecule has 0 aromatic heterocycles. The monoisotopic (exact) mass is 343 g/mol. The van der Waals surface area contributed by atoms with Gasteiger partial charge in [0.15, 0.2) is 5.78 Å². The number of rotatable bonds is 6. The molecular weight excluding hydrogens is 322 g/mol. The van der Waals surface area contributed by atoms with Gasteiger partial charge in [0.05, 0.1) is 25.1 Å². The number of ether oxygens (including phenoxy) is 2. The third-order valence-electron chi connectivity index (χ3n) is 3.77. The number of hydrogen-bond acceptors (Lipinski definition) is 4. The molecule has 0 N–H and O–H groups in total. The Kier molecular flexibility index (Phi) is 5.93. The largest absolute Gasteiger partial charge is 0.497 e. The van der Waals surface area contributed by atoms with Crippen LogP contribution in [0.3, 0.4) is 0 Å². The Morgan fingerprint density at radius 3 is 1.79 bits per heavy atom. The van der Waals surface area contributed by atoms with Crippen LogP contribution in [-0.4, -0.2) is 44.0 Å². The fourth-order valence-corrected chi connectivity index (χ4v) is 2.63. The maximum atomic E-state index is 13.1. The summed E-state index contributed by atoms with van der Waals surface area (Å²) in [6, 6.07) is 14.5. The number of hydrogen-bond donors (Lipinski definition) is 0. The van der Waals surface area contributed by atoms with E-state index in [1.54, 1.807) is 43.4 Å². The first-order valence-corrected chi connectivity index (χ1v) is 7.92. The zero-order chi connectivity index (χ0) is 17.7. The molecule has 5 heteroatoms. The molecule has 0 radical (unpaired) electrons. The van der Waals surface area contributed by atoms with Crippen molar-refractivity contribution in [1.29, 1.82) is 0 Å². The molecule has 0 fully saturated rings. The second-order valence-electron chi connectivity index (χ2n) is 5.53. The summed E-state index contributed by atoms with van der Waals surface area (Å²) in [6.45, 7) is 0. The van der Waals surface area contributed by atoms with E-state index in [4.69, 9.17) is 21.7 Å². The van der Waals surface area contributed by atoms with Crippen LogP contribution >= 0.6 is 12.2 Å². The van der Waals surface area contributed by atoms with E-state index >= 15 is 0 Å². The van der Waals surface area contributed by atoms with Gasteiger partial charge in [-0.05, 0) is 42.0 Å². The van der Waals surface area contributed by atoms with Gasteiger partial charge in [-0.15, -0.1) is 0 Å². The zero-order valence-electron chi connectivity index (χ0n) is 14.3. The predicted molar refractivity (Wildman–Crippen MR) is 99.3 cm³/mol. The minimum atomic E-state index is -0.519. The van der Waals surface area contributed by atoms with Gasteiger partial charge in [0.2, 0.25) is 0 Å². The Morgan fingerprint density at radius 2 is 1.38 bits per heavy atom. The second-order valence-corrected chi connectivity index (χ2v) is 5.95. The molecule has 0 saturated carbocycles. The number of carbonyl (C=O) groups is 1. The van der Waals surface area contributed by atoms with Crippen molar-refractivity contribution in [1.82, 2.24) is 4.90 Å². The number of ketones is 1. The van der Waals surface area contributed by atoms with Gasteiger partial charge in [0, 0.05) is 19.7 Å². The zero-order valence-corrected chi connectivity index (χ0v) is 15.1. The van der Waals surface area contributed by atoms with Crippen molar-refractivity contribution in [3.05, 3.63) is 59.7 Å². The fraction of sp³-hybridized carbons (Fsp3) is 0.263. The summed E-state index contributed by atoms with van der Waals surface area (Å²) in [5.74, 6) is 0.892. The number of benzene rings is 2. The second kappa shape index (κ2) is 7.93. The quantitative estimate of drug-likeness (QED) is 0.592. The molecule has 2 rings (SSSR count). The summed E-state index contributed by atoms with van der Waals surface area (Å²) >= 11 is 5.52. The molecule has 0 aliphatic heterocycles. The maximum Gasteiger partial charge on any atom is 0.177 e. The van der Waals surface area contributed by atoms with Gasteiger partial charge in [-0.3, -0.25) is 4.79 Å². The molecule has 2 aromatic carbocycles. The van der Waals surface area contributed by atoms with Crippen molar-refractivity contribution in [2.45, 2.75) is 5.92 Å². The third-order valence-corrected chi connectivity index (χ3v) is 4.37. The van der Waals surface area contributed by atoms with E-state index in [0.717, 1.165) is 11.3 Å². The number of methoxy groups -OCH3 is 2. The van der Waals surface area contributed by atoms with Gasteiger partial charge in [-0.25, -0.2) is 0 Å². The molecule has 24 heavy (non-hydrogen) atoms. The maximum absolute atomic E-state index is 13.1. The van der Waals surface area contributed by atoms with Gasteiger partial charge in [0.25, 0.3) is 0 Å². The first kappa shape index (κ1) is 17.9. The smallest absolute Gasteiger partial charge is 0.177 e. The van der Waals surface area contributed by atoms with Crippen LogP contribution in [0.15, 0.2) is 48.5 Å². The van der Waals surface area contributed by atoms with Crippen molar-refractivity contribution < 1.29 is 14.3 Å². The highest BCUT2D eigenvalue weighted by atomic mass is 32.1. The highest BCUT2D eigenvalue weighted by Gasteiger charge is 2.27. The van der Waals surface area contributed by atoms with E-state index in [-0.39, 0.29) is 5.78 Å². The molecule has 0 saturated heterocycles. The van der Waals surface area contributed by atoms with E-state index in [1.165, 1.54) is 0 Å². The average Bonchev–Trinajstić information content (AvgIpc) is 2.62. The van der Waals surface area contributed by atoms with Crippen LogP contribution in [0.5, 0.6) is 11.5 Å². The molecule has 1 atom stereocenters. The van der Waals surface area contributed by atoms with Crippen molar-refractivity contribution in [2.75, 3.05) is 28.3 Å². The van der Waals surface area contributed by atoms with Gasteiger partial charge in [-0.2, -0.15) is 0 Å². The Labute approximate surface area is 148 Å². The predicted octanol–water partition coefficient (Wildman–Crippen LogP) is 3.56. The number of likely N-dealkylation sites (N-methyl/N-ethyl adjacent to an activating group) is 1. The third kappa shape index (κ3) is 3.92. The summed E-state index contributed by atoms with van der Waals surface area (Å²) in [4.78, 5) is 15.4. The van der Waals surface area contributed by atoms with E-state index in [1.807, 2.05) is 38.4 Å². The lowest BCUT2D eigenvalue weighted by molar-refractivity contribution is 0.0980. The summed E-state index contributed by atoms with van der Waals surface area (Å²) in [6.07, 6.45) is 0. The highest BCUT2D eigenvalue weighted by molar-refractivity contribution is 7.80. The average molecular weight is 343 g/mol. The molecule has 0 bridgehead atoms. The van der Waals surface area contributed by atoms with Crippen molar-refractivity contribution in [3.63, 3.8) is 0 Å². The number of nitrogens with zero attached hydrogens (tertiary/aromatic N) is 1. The molecule has 4 nitrogen and oxygen atoms in total. The first-order chi connectivity index (χ1) is 11.5. The Balaban J connectivity index is 2.40. The number of carbonyl (C=O) groups excluding carboxylic acids is 1. The number of thiocarbonyl (C=S) groups is 1. The lowest BCUT2D eigenvalue weighted by Gasteiger charge is -2.23. The lowest BCUT2D eigenvalue weighted by Crippen LogP contribution is -2.31. The lowest BCUT2D eigenvalue weighted by atomic mass is 9.90. The molecule has 0 aliphatic rings. The van der Waals surface area contributed by atoms with Crippen LogP contribution in [0.1, 0.15) is 21.8 Å². The Morgan fingerprint density at radius 1 is 0.917 bits per heavy atom. The SMILES string of the molecule is COc1ccc(C(=O)C(C(=S)N(C)C)c2ccc(OC)cc2)cc1. The van der Waals surface area contributed by atoms with E-state index in [2.05, 4.69) is 0 Å². The molecule has 0 spiro atoms. The van der Waals surface area contributed by atoms with Crippen molar-refractivity contribution >= 4 is 23.0 Å². The van der Waals surface area contributed by atoms with Crippen LogP contribution in [0.25, 0.3) is 0 Å². The summed E-state index contributed by atoms with van der Waals surface area (Å²) < 4.78 is 10.3. The van der Waals surface area contributed by atoms with Crippen molar-refractivity contribution in [2.24, 2.45) is 0 Å². The van der Waals surface area contributed by atoms with Crippen LogP contribution < -0.4 is 9.47 Å². The van der Waals surface area contributed by atoms with E-state index < -0.39 is 5.92 Å². The molecule has 2 aromatic rings. The van der Waals surface area contributed by atoms with Gasteiger partial charge < -0.3 is 14.4 Å². The summed E-state index contributed by atoms with van der Waals surface area (Å²) in [5, 5.41) is 0. The standard InChI is InChI=1S/C19H21NO3S/c1-20(2)19(24)17(13-5-9-15(22-3)10-6-13)18(21)14-7-11-16(23-4)12-8-14/h5-12,17H,1-4H3. The molecular formula is C19H21NO3S. The van der Waals surface area contributed by atoms with E-state index in [9.17, 15) is 4.79 Å². The fourth-order valence-electron chi connectivity index (χ4n) is 2.38. The minimum Gasteiger partial charge on any atom is -0.497 e. The highest BCUT2D eigenvalue weighted by Crippen LogP contribution is 2.26.